The summed E-state index contributed by atoms with van der Waals surface area (Å²) in [4.78, 5) is 0. The standard InChI is InChI=1S/C6H3ClN2O2S3/c7-14(10,11)6-4(1-2-12-6)5-3-13-9-8-5/h1-3H. The maximum Gasteiger partial charge on any atom is 0.271 e. The Morgan fingerprint density at radius 2 is 2.21 bits per heavy atom. The van der Waals surface area contributed by atoms with E-state index in [0.717, 1.165) is 22.9 Å². The zero-order chi connectivity index (χ0) is 10.2. The van der Waals surface area contributed by atoms with Crippen molar-refractivity contribution in [2.24, 2.45) is 0 Å². The molecule has 0 saturated carbocycles. The second-order valence-corrected chi connectivity index (χ2v) is 6.64. The Hall–Kier alpha value is -0.500. The van der Waals surface area contributed by atoms with E-state index < -0.39 is 9.05 Å². The van der Waals surface area contributed by atoms with E-state index in [9.17, 15) is 8.42 Å². The first kappa shape index (κ1) is 10.0. The third kappa shape index (κ3) is 1.81. The Kier molecular flexibility index (Phi) is 2.56. The second-order valence-electron chi connectivity index (χ2n) is 2.35. The largest absolute Gasteiger partial charge is 0.271 e. The van der Waals surface area contributed by atoms with Gasteiger partial charge in [0, 0.05) is 21.6 Å². The first-order valence-electron chi connectivity index (χ1n) is 3.38. The molecule has 2 aromatic heterocycles. The van der Waals surface area contributed by atoms with Crippen LogP contribution in [0.5, 0.6) is 0 Å². The summed E-state index contributed by atoms with van der Waals surface area (Å²) in [6.07, 6.45) is 0. The molecule has 2 aromatic rings. The van der Waals surface area contributed by atoms with Gasteiger partial charge in [-0.2, -0.15) is 0 Å². The molecule has 2 heterocycles. The van der Waals surface area contributed by atoms with Gasteiger partial charge in [0.1, 0.15) is 9.90 Å². The predicted octanol–water partition coefficient (Wildman–Crippen LogP) is 2.19. The molecule has 0 aliphatic heterocycles. The minimum atomic E-state index is -3.69. The lowest BCUT2D eigenvalue weighted by atomic mass is 10.3. The van der Waals surface area contributed by atoms with Crippen molar-refractivity contribution in [3.8, 4) is 11.3 Å². The van der Waals surface area contributed by atoms with Gasteiger partial charge < -0.3 is 0 Å². The summed E-state index contributed by atoms with van der Waals surface area (Å²) in [5.74, 6) is 0. The van der Waals surface area contributed by atoms with E-state index in [-0.39, 0.29) is 4.21 Å². The number of aromatic nitrogens is 2. The van der Waals surface area contributed by atoms with Crippen LogP contribution in [0.1, 0.15) is 0 Å². The van der Waals surface area contributed by atoms with Crippen LogP contribution in [0.2, 0.25) is 0 Å². The molecular formula is C6H3ClN2O2S3. The fourth-order valence-corrected chi connectivity index (χ4v) is 3.68. The van der Waals surface area contributed by atoms with E-state index in [1.54, 1.807) is 16.8 Å². The van der Waals surface area contributed by atoms with Crippen LogP contribution in [0.25, 0.3) is 11.3 Å². The Morgan fingerprint density at radius 3 is 2.79 bits per heavy atom. The monoisotopic (exact) mass is 266 g/mol. The molecule has 2 rings (SSSR count). The number of thiophene rings is 1. The highest BCUT2D eigenvalue weighted by Gasteiger charge is 2.19. The SMILES string of the molecule is O=S(=O)(Cl)c1sccc1-c1csnn1. The predicted molar refractivity (Wildman–Crippen MR) is 56.3 cm³/mol. The first-order chi connectivity index (χ1) is 6.59. The van der Waals surface area contributed by atoms with E-state index in [2.05, 4.69) is 9.59 Å². The summed E-state index contributed by atoms with van der Waals surface area (Å²) in [6.45, 7) is 0. The number of halogens is 1. The van der Waals surface area contributed by atoms with Crippen LogP contribution in [-0.2, 0) is 9.05 Å². The van der Waals surface area contributed by atoms with Crippen molar-refractivity contribution < 1.29 is 8.42 Å². The Morgan fingerprint density at radius 1 is 1.43 bits per heavy atom. The molecule has 8 heteroatoms. The molecule has 4 nitrogen and oxygen atoms in total. The molecule has 0 radical (unpaired) electrons. The van der Waals surface area contributed by atoms with Crippen LogP contribution in [0, 0.1) is 0 Å². The maximum absolute atomic E-state index is 11.1. The van der Waals surface area contributed by atoms with Crippen molar-refractivity contribution in [3.05, 3.63) is 16.8 Å². The van der Waals surface area contributed by atoms with Crippen LogP contribution >= 0.6 is 33.6 Å². The molecule has 0 saturated heterocycles. The molecule has 0 N–H and O–H groups in total. The smallest absolute Gasteiger partial charge is 0.206 e. The minimum Gasteiger partial charge on any atom is -0.206 e. The van der Waals surface area contributed by atoms with E-state index in [4.69, 9.17) is 10.7 Å². The van der Waals surface area contributed by atoms with E-state index in [1.807, 2.05) is 0 Å². The highest BCUT2D eigenvalue weighted by Crippen LogP contribution is 2.33. The molecule has 0 atom stereocenters. The summed E-state index contributed by atoms with van der Waals surface area (Å²) in [5.41, 5.74) is 1.05. The number of nitrogens with zero attached hydrogens (tertiary/aromatic N) is 2. The summed E-state index contributed by atoms with van der Waals surface area (Å²) in [6, 6.07) is 1.66. The zero-order valence-electron chi connectivity index (χ0n) is 6.55. The van der Waals surface area contributed by atoms with Crippen LogP contribution in [0.3, 0.4) is 0 Å². The van der Waals surface area contributed by atoms with E-state index in [0.29, 0.717) is 11.3 Å². The molecular weight excluding hydrogens is 264 g/mol. The van der Waals surface area contributed by atoms with Gasteiger partial charge in [-0.25, -0.2) is 8.42 Å². The lowest BCUT2D eigenvalue weighted by Crippen LogP contribution is -1.89. The van der Waals surface area contributed by atoms with Crippen LogP contribution in [-0.4, -0.2) is 18.0 Å². The average Bonchev–Trinajstić information content (AvgIpc) is 2.73. The van der Waals surface area contributed by atoms with E-state index >= 15 is 0 Å². The van der Waals surface area contributed by atoms with Gasteiger partial charge in [-0.15, -0.1) is 16.4 Å². The zero-order valence-corrected chi connectivity index (χ0v) is 9.75. The lowest BCUT2D eigenvalue weighted by molar-refractivity contribution is 0.611. The molecule has 0 bridgehead atoms. The molecule has 0 unspecified atom stereocenters. The third-order valence-corrected chi connectivity index (χ3v) is 5.05. The van der Waals surface area contributed by atoms with E-state index in [1.165, 1.54) is 0 Å². The van der Waals surface area contributed by atoms with Crippen molar-refractivity contribution in [1.29, 1.82) is 0 Å². The van der Waals surface area contributed by atoms with Crippen molar-refractivity contribution in [2.45, 2.75) is 4.21 Å². The Balaban J connectivity index is 2.62. The summed E-state index contributed by atoms with van der Waals surface area (Å²) >= 11 is 2.23. The first-order valence-corrected chi connectivity index (χ1v) is 7.41. The quantitative estimate of drug-likeness (QED) is 0.782. The number of hydrogen-bond donors (Lipinski definition) is 0. The summed E-state index contributed by atoms with van der Waals surface area (Å²) in [7, 11) is 1.57. The second kappa shape index (κ2) is 3.58. The van der Waals surface area contributed by atoms with Crippen LogP contribution in [0.4, 0.5) is 0 Å². The highest BCUT2D eigenvalue weighted by molar-refractivity contribution is 8.15. The van der Waals surface area contributed by atoms with Gasteiger partial charge in [-0.3, -0.25) is 0 Å². The van der Waals surface area contributed by atoms with Gasteiger partial charge in [0.05, 0.1) is 0 Å². The van der Waals surface area contributed by atoms with Gasteiger partial charge in [-0.1, -0.05) is 4.49 Å². The van der Waals surface area contributed by atoms with Gasteiger partial charge in [0.15, 0.2) is 0 Å². The molecule has 0 spiro atoms. The van der Waals surface area contributed by atoms with Gasteiger partial charge in [-0.05, 0) is 23.0 Å². The van der Waals surface area contributed by atoms with Gasteiger partial charge >= 0.3 is 0 Å². The number of rotatable bonds is 2. The third-order valence-electron chi connectivity index (χ3n) is 1.49. The fourth-order valence-electron chi connectivity index (χ4n) is 0.956. The maximum atomic E-state index is 11.1. The Bertz CT molecular complexity index is 531. The van der Waals surface area contributed by atoms with Crippen molar-refractivity contribution in [3.63, 3.8) is 0 Å². The van der Waals surface area contributed by atoms with Crippen LogP contribution < -0.4 is 0 Å². The lowest BCUT2D eigenvalue weighted by Gasteiger charge is -1.94. The topological polar surface area (TPSA) is 59.9 Å². The van der Waals surface area contributed by atoms with Crippen molar-refractivity contribution >= 4 is 42.6 Å². The minimum absolute atomic E-state index is 0.117. The highest BCUT2D eigenvalue weighted by atomic mass is 35.7. The molecule has 0 aromatic carbocycles. The molecule has 74 valence electrons. The fraction of sp³-hybridized carbons (Fsp3) is 0. The molecule has 0 fully saturated rings. The summed E-state index contributed by atoms with van der Waals surface area (Å²) < 4.78 is 26.1. The summed E-state index contributed by atoms with van der Waals surface area (Å²) in [5, 5.41) is 7.12. The van der Waals surface area contributed by atoms with Crippen molar-refractivity contribution in [2.75, 3.05) is 0 Å². The number of hydrogen-bond acceptors (Lipinski definition) is 6. The van der Waals surface area contributed by atoms with Crippen molar-refractivity contribution in [1.82, 2.24) is 9.59 Å². The van der Waals surface area contributed by atoms with Gasteiger partial charge in [0.2, 0.25) is 0 Å². The van der Waals surface area contributed by atoms with Crippen LogP contribution in [0.15, 0.2) is 21.0 Å². The normalized spacial score (nSPS) is 11.8. The average molecular weight is 267 g/mol. The Labute approximate surface area is 92.8 Å². The molecule has 0 amide bonds. The van der Waals surface area contributed by atoms with Gasteiger partial charge in [0.25, 0.3) is 9.05 Å². The molecule has 14 heavy (non-hydrogen) atoms. The molecule has 0 aliphatic carbocycles. The molecule has 0 aliphatic rings.